The number of rotatable bonds is 6. The van der Waals surface area contributed by atoms with Gasteiger partial charge >= 0.3 is 0 Å². The third-order valence-corrected chi connectivity index (χ3v) is 13.8. The molecule has 1 aliphatic heterocycles. The van der Waals surface area contributed by atoms with Crippen LogP contribution in [0.1, 0.15) is 39.6 Å². The summed E-state index contributed by atoms with van der Waals surface area (Å²) in [6.07, 6.45) is 12.4. The number of hydrogen-bond acceptors (Lipinski definition) is 4. The van der Waals surface area contributed by atoms with E-state index in [1.165, 1.54) is 33.4 Å². The Morgan fingerprint density at radius 1 is 0.431 bits per heavy atom. The Morgan fingerprint density at radius 2 is 1.11 bits per heavy atom. The van der Waals surface area contributed by atoms with Crippen LogP contribution >= 0.6 is 0 Å². The van der Waals surface area contributed by atoms with E-state index in [0.717, 1.165) is 77.8 Å². The van der Waals surface area contributed by atoms with Gasteiger partial charge in [-0.05, 0) is 91.5 Å². The SMILES string of the molecule is C1=CC2C=Cc3ccc(-c4ccccc4-c4ccc(C5(c6cccc(-c7ccc(-c8ccc9ccc%10cccnc%10c9n8)cc7)c6)c6ccccc6-c6ccccc65)cc4)nc3C2N=C1. The highest BCUT2D eigenvalue weighted by Gasteiger charge is 2.46. The predicted octanol–water partition coefficient (Wildman–Crippen LogP) is 14.5. The Balaban J connectivity index is 0.901. The molecule has 10 aromatic rings. The fourth-order valence-corrected chi connectivity index (χ4v) is 10.7. The number of allylic oxidation sites excluding steroid dienone is 1. The Bertz CT molecular complexity index is 3570. The zero-order valence-electron chi connectivity index (χ0n) is 35.4. The van der Waals surface area contributed by atoms with Gasteiger partial charge in [0.05, 0.1) is 33.5 Å². The molecular formula is C61H40N4. The topological polar surface area (TPSA) is 51.0 Å². The first-order valence-electron chi connectivity index (χ1n) is 22.4. The lowest BCUT2D eigenvalue weighted by Gasteiger charge is -2.34. The highest BCUT2D eigenvalue weighted by atomic mass is 14.9. The first-order valence-corrected chi connectivity index (χ1v) is 22.4. The Morgan fingerprint density at radius 3 is 1.91 bits per heavy atom. The number of pyridine rings is 3. The number of aromatic nitrogens is 3. The van der Waals surface area contributed by atoms with E-state index in [-0.39, 0.29) is 12.0 Å². The number of nitrogens with zero attached hydrogens (tertiary/aromatic N) is 4. The van der Waals surface area contributed by atoms with Gasteiger partial charge in [0.1, 0.15) is 6.04 Å². The van der Waals surface area contributed by atoms with Crippen LogP contribution in [0.25, 0.3) is 83.8 Å². The molecule has 2 aliphatic carbocycles. The lowest BCUT2D eigenvalue weighted by Crippen LogP contribution is -2.28. The minimum Gasteiger partial charge on any atom is -0.282 e. The van der Waals surface area contributed by atoms with Gasteiger partial charge < -0.3 is 0 Å². The summed E-state index contributed by atoms with van der Waals surface area (Å²) in [5, 5.41) is 2.18. The van der Waals surface area contributed by atoms with Crippen molar-refractivity contribution in [3.63, 3.8) is 0 Å². The van der Waals surface area contributed by atoms with Crippen molar-refractivity contribution >= 4 is 34.1 Å². The first kappa shape index (κ1) is 37.2. The van der Waals surface area contributed by atoms with E-state index < -0.39 is 5.41 Å². The smallest absolute Gasteiger partial charge is 0.102 e. The van der Waals surface area contributed by atoms with Gasteiger partial charge in [0.2, 0.25) is 0 Å². The molecule has 13 rings (SSSR count). The lowest BCUT2D eigenvalue weighted by molar-refractivity contribution is 0.594. The van der Waals surface area contributed by atoms with Crippen LogP contribution in [-0.2, 0) is 5.41 Å². The second kappa shape index (κ2) is 14.9. The third-order valence-electron chi connectivity index (χ3n) is 13.8. The largest absolute Gasteiger partial charge is 0.282 e. The van der Waals surface area contributed by atoms with Gasteiger partial charge in [-0.2, -0.15) is 0 Å². The van der Waals surface area contributed by atoms with Gasteiger partial charge in [-0.15, -0.1) is 0 Å². The number of hydrogen-bond donors (Lipinski definition) is 0. The number of dihydropyridines is 1. The molecule has 0 amide bonds. The van der Waals surface area contributed by atoms with E-state index >= 15 is 0 Å². The van der Waals surface area contributed by atoms with Gasteiger partial charge in [-0.1, -0.05) is 188 Å². The zero-order chi connectivity index (χ0) is 42.9. The summed E-state index contributed by atoms with van der Waals surface area (Å²) in [5.41, 5.74) is 19.7. The first-order chi connectivity index (χ1) is 32.2. The maximum Gasteiger partial charge on any atom is 0.102 e. The van der Waals surface area contributed by atoms with Crippen LogP contribution in [0.3, 0.4) is 0 Å². The molecule has 0 fully saturated rings. The molecule has 0 radical (unpaired) electrons. The minimum atomic E-state index is -0.550. The van der Waals surface area contributed by atoms with Crippen LogP contribution in [-0.4, -0.2) is 21.2 Å². The summed E-state index contributed by atoms with van der Waals surface area (Å²) in [5.74, 6) is 0.232. The molecule has 0 spiro atoms. The third kappa shape index (κ3) is 5.91. The maximum atomic E-state index is 5.31. The van der Waals surface area contributed by atoms with Gasteiger partial charge in [-0.25, -0.2) is 9.97 Å². The van der Waals surface area contributed by atoms with Crippen molar-refractivity contribution in [3.05, 3.63) is 252 Å². The molecular weight excluding hydrogens is 789 g/mol. The monoisotopic (exact) mass is 828 g/mol. The summed E-state index contributed by atoms with van der Waals surface area (Å²) in [4.78, 5) is 20.0. The molecule has 0 saturated heterocycles. The van der Waals surface area contributed by atoms with Crippen molar-refractivity contribution in [3.8, 4) is 55.9 Å². The molecule has 0 bridgehead atoms. The molecule has 7 aromatic carbocycles. The number of benzene rings is 7. The molecule has 0 saturated carbocycles. The summed E-state index contributed by atoms with van der Waals surface area (Å²) in [7, 11) is 0. The molecule has 2 atom stereocenters. The molecule has 3 aromatic heterocycles. The standard InChI is InChI=1S/C61H40N4/c1-2-17-52(56-35-31-45-27-25-43-12-9-37-63-58(43)60(45)65-56)49(14-1)40-28-32-47(33-29-40)61(53-18-5-3-15-50(53)51-16-4-6-19-54(51)61)48-13-7-10-46(38-48)39-20-22-41(23-21-39)55-34-30-44-26-24-42-11-8-36-62-57(42)59(44)64-55/h1-38,43,58H. The number of fused-ring (bicyclic) bond motifs is 9. The van der Waals surface area contributed by atoms with Gasteiger partial charge in [0.15, 0.2) is 0 Å². The highest BCUT2D eigenvalue weighted by molar-refractivity contribution is 6.03. The molecule has 304 valence electrons. The number of aliphatic imine (C=N–C) groups is 1. The van der Waals surface area contributed by atoms with Crippen molar-refractivity contribution in [2.24, 2.45) is 10.9 Å². The molecule has 2 unspecified atom stereocenters. The van der Waals surface area contributed by atoms with Crippen LogP contribution in [0, 0.1) is 5.92 Å². The average molecular weight is 829 g/mol. The van der Waals surface area contributed by atoms with Crippen LogP contribution in [0.5, 0.6) is 0 Å². The second-order valence-corrected chi connectivity index (χ2v) is 17.3. The van der Waals surface area contributed by atoms with Crippen LogP contribution in [0.15, 0.2) is 224 Å². The van der Waals surface area contributed by atoms with Crippen molar-refractivity contribution < 1.29 is 0 Å². The van der Waals surface area contributed by atoms with Gasteiger partial charge in [-0.3, -0.25) is 9.98 Å². The minimum absolute atomic E-state index is 0.00433. The van der Waals surface area contributed by atoms with E-state index in [1.807, 2.05) is 24.6 Å². The zero-order valence-corrected chi connectivity index (χ0v) is 35.4. The van der Waals surface area contributed by atoms with Crippen molar-refractivity contribution in [1.29, 1.82) is 0 Å². The summed E-state index contributed by atoms with van der Waals surface area (Å²) in [6.45, 7) is 0. The normalized spacial score (nSPS) is 16.2. The van der Waals surface area contributed by atoms with E-state index in [1.54, 1.807) is 0 Å². The van der Waals surface area contributed by atoms with Crippen molar-refractivity contribution in [1.82, 2.24) is 15.0 Å². The molecule has 4 heteroatoms. The highest BCUT2D eigenvalue weighted by Crippen LogP contribution is 2.56. The van der Waals surface area contributed by atoms with E-state index in [0.29, 0.717) is 0 Å². The summed E-state index contributed by atoms with van der Waals surface area (Å²) < 4.78 is 0. The summed E-state index contributed by atoms with van der Waals surface area (Å²) in [6, 6.07) is 70.7. The van der Waals surface area contributed by atoms with Gasteiger partial charge in [0, 0.05) is 40.2 Å². The maximum absolute atomic E-state index is 5.31. The summed E-state index contributed by atoms with van der Waals surface area (Å²) >= 11 is 0. The quantitative estimate of drug-likeness (QED) is 0.157. The van der Waals surface area contributed by atoms with Crippen molar-refractivity contribution in [2.45, 2.75) is 11.5 Å². The fraction of sp³-hybridized carbons (Fsp3) is 0.0492. The van der Waals surface area contributed by atoms with Gasteiger partial charge in [0.25, 0.3) is 0 Å². The Kier molecular flexibility index (Phi) is 8.53. The second-order valence-electron chi connectivity index (χ2n) is 17.3. The predicted molar refractivity (Wildman–Crippen MR) is 267 cm³/mol. The van der Waals surface area contributed by atoms with E-state index in [4.69, 9.17) is 15.0 Å². The molecule has 0 N–H and O–H groups in total. The van der Waals surface area contributed by atoms with Crippen LogP contribution in [0.2, 0.25) is 0 Å². The van der Waals surface area contributed by atoms with Crippen LogP contribution < -0.4 is 0 Å². The van der Waals surface area contributed by atoms with Crippen LogP contribution in [0.4, 0.5) is 0 Å². The molecule has 65 heavy (non-hydrogen) atoms. The molecule has 4 heterocycles. The fourth-order valence-electron chi connectivity index (χ4n) is 10.7. The Hall–Kier alpha value is -8.34. The van der Waals surface area contributed by atoms with E-state index in [2.05, 4.69) is 211 Å². The Labute approximate surface area is 377 Å². The average Bonchev–Trinajstić information content (AvgIpc) is 3.69. The molecule has 4 nitrogen and oxygen atoms in total. The molecule has 3 aliphatic rings. The lowest BCUT2D eigenvalue weighted by atomic mass is 9.67. The van der Waals surface area contributed by atoms with Crippen molar-refractivity contribution in [2.75, 3.05) is 0 Å². The van der Waals surface area contributed by atoms with E-state index in [9.17, 15) is 0 Å².